The van der Waals surface area contributed by atoms with Crippen molar-refractivity contribution in [1.82, 2.24) is 0 Å². The van der Waals surface area contributed by atoms with Gasteiger partial charge >= 0.3 is 60.0 Å². The summed E-state index contributed by atoms with van der Waals surface area (Å²) in [5.41, 5.74) is 0. The molecule has 0 unspecified atom stereocenters. The molecule has 0 atom stereocenters. The maximum absolute atomic E-state index is 9.54. The van der Waals surface area contributed by atoms with Crippen molar-refractivity contribution in [3.8, 4) is 0 Å². The fourth-order valence-electron chi connectivity index (χ4n) is 0.322. The minimum atomic E-state index is 0.325. The van der Waals surface area contributed by atoms with Gasteiger partial charge in [0.05, 0.1) is 0 Å². The first-order valence-electron chi connectivity index (χ1n) is 2.74. The second-order valence-corrected chi connectivity index (χ2v) is 4.66. The number of nitrogens with zero attached hydrogens (tertiary/aromatic N) is 1. The predicted molar refractivity (Wildman–Crippen MR) is 30.7 cm³/mol. The topological polar surface area (TPSA) is 29.4 Å². The standard InChI is InChI=1S/C5H11INO/c1-2-3-6-4-5-7-8/h2-5H2,1H3/q-1. The molecule has 0 aliphatic carbocycles. The number of hydrogen-bond acceptors (Lipinski definition) is 2. The normalized spacial score (nSPS) is 9.62. The molecule has 3 heteroatoms. The van der Waals surface area contributed by atoms with Gasteiger partial charge in [0.15, 0.2) is 0 Å². The van der Waals surface area contributed by atoms with Crippen molar-refractivity contribution in [1.29, 1.82) is 0 Å². The van der Waals surface area contributed by atoms with E-state index in [1.165, 1.54) is 10.8 Å². The molecule has 2 nitrogen and oxygen atoms in total. The summed E-state index contributed by atoms with van der Waals surface area (Å²) in [6.45, 7) is 2.72. The molecular formula is C5H11INO-. The van der Waals surface area contributed by atoms with E-state index >= 15 is 0 Å². The summed E-state index contributed by atoms with van der Waals surface area (Å²) in [6, 6.07) is 0. The number of alkyl halides is 2. The molecule has 0 radical (unpaired) electrons. The Morgan fingerprint density at radius 3 is 2.75 bits per heavy atom. The summed E-state index contributed by atoms with van der Waals surface area (Å²) >= 11 is 0.325. The Hall–Kier alpha value is 0.330. The second kappa shape index (κ2) is 7.33. The van der Waals surface area contributed by atoms with E-state index in [1.54, 1.807) is 0 Å². The van der Waals surface area contributed by atoms with Gasteiger partial charge in [0.1, 0.15) is 0 Å². The van der Waals surface area contributed by atoms with E-state index in [2.05, 4.69) is 12.1 Å². The van der Waals surface area contributed by atoms with Crippen LogP contribution in [-0.2, 0) is 0 Å². The van der Waals surface area contributed by atoms with Crippen LogP contribution in [-0.4, -0.2) is 15.4 Å². The van der Waals surface area contributed by atoms with E-state index in [9.17, 15) is 4.91 Å². The second-order valence-electron chi connectivity index (χ2n) is 1.42. The third-order valence-corrected chi connectivity index (χ3v) is 3.72. The fraction of sp³-hybridized carbons (Fsp3) is 1.00. The van der Waals surface area contributed by atoms with Crippen LogP contribution in [0.1, 0.15) is 13.3 Å². The van der Waals surface area contributed by atoms with Crippen LogP contribution in [0, 0.1) is 4.91 Å². The van der Waals surface area contributed by atoms with E-state index in [4.69, 9.17) is 0 Å². The molecule has 0 saturated carbocycles. The van der Waals surface area contributed by atoms with Gasteiger partial charge < -0.3 is 0 Å². The van der Waals surface area contributed by atoms with Gasteiger partial charge in [-0.05, 0) is 0 Å². The Balaban J connectivity index is 2.62. The Bertz CT molecular complexity index is 58.4. The zero-order valence-electron chi connectivity index (χ0n) is 5.06. The van der Waals surface area contributed by atoms with Crippen LogP contribution in [0.5, 0.6) is 0 Å². The van der Waals surface area contributed by atoms with Crippen molar-refractivity contribution in [2.24, 2.45) is 5.18 Å². The molecule has 0 aliphatic heterocycles. The van der Waals surface area contributed by atoms with E-state index in [1.807, 2.05) is 0 Å². The predicted octanol–water partition coefficient (Wildman–Crippen LogP) is -1.75. The van der Waals surface area contributed by atoms with Gasteiger partial charge in [-0.1, -0.05) is 0 Å². The SMILES string of the molecule is CCC[I-]CCN=O. The van der Waals surface area contributed by atoms with Crippen molar-refractivity contribution >= 4 is 0 Å². The third-order valence-electron chi connectivity index (χ3n) is 0.632. The molecule has 0 fully saturated rings. The van der Waals surface area contributed by atoms with Crippen molar-refractivity contribution in [2.45, 2.75) is 13.3 Å². The molecule has 0 aromatic carbocycles. The number of nitroso groups, excluding NO2 is 1. The molecule has 0 heterocycles. The molecule has 0 bridgehead atoms. The minimum absolute atomic E-state index is 0.325. The number of halogens is 1. The molecule has 50 valence electrons. The Kier molecular flexibility index (Phi) is 7.63. The summed E-state index contributed by atoms with van der Waals surface area (Å²) in [7, 11) is 0. The van der Waals surface area contributed by atoms with Crippen molar-refractivity contribution in [3.63, 3.8) is 0 Å². The number of hydrogen-bond donors (Lipinski definition) is 0. The molecule has 0 rings (SSSR count). The average Bonchev–Trinajstić information content (AvgIpc) is 1.81. The van der Waals surface area contributed by atoms with Gasteiger partial charge in [-0.25, -0.2) is 0 Å². The quantitative estimate of drug-likeness (QED) is 0.237. The average molecular weight is 228 g/mol. The first-order valence-corrected chi connectivity index (χ1v) is 5.79. The van der Waals surface area contributed by atoms with Crippen molar-refractivity contribution in [2.75, 3.05) is 15.4 Å². The molecule has 0 spiro atoms. The summed E-state index contributed by atoms with van der Waals surface area (Å²) in [4.78, 5) is 9.54. The van der Waals surface area contributed by atoms with Gasteiger partial charge in [-0.15, -0.1) is 0 Å². The van der Waals surface area contributed by atoms with Crippen molar-refractivity contribution < 1.29 is 21.2 Å². The first kappa shape index (κ1) is 8.33. The van der Waals surface area contributed by atoms with E-state index < -0.39 is 0 Å². The summed E-state index contributed by atoms with van der Waals surface area (Å²) in [5.74, 6) is 0. The third kappa shape index (κ3) is 6.33. The molecule has 0 aliphatic rings. The van der Waals surface area contributed by atoms with Crippen LogP contribution in [0.25, 0.3) is 0 Å². The molecule has 8 heavy (non-hydrogen) atoms. The van der Waals surface area contributed by atoms with Crippen LogP contribution in [0.4, 0.5) is 0 Å². The number of rotatable bonds is 5. The Morgan fingerprint density at radius 2 is 2.25 bits per heavy atom. The fourth-order valence-corrected chi connectivity index (χ4v) is 2.16. The van der Waals surface area contributed by atoms with E-state index in [0.29, 0.717) is 27.7 Å². The summed E-state index contributed by atoms with van der Waals surface area (Å²) in [6.07, 6.45) is 1.27. The zero-order chi connectivity index (χ0) is 6.24. The molecule has 0 amide bonds. The molecule has 0 N–H and O–H groups in total. The summed E-state index contributed by atoms with van der Waals surface area (Å²) < 4.78 is 2.42. The van der Waals surface area contributed by atoms with Gasteiger partial charge in [0.2, 0.25) is 0 Å². The van der Waals surface area contributed by atoms with Crippen LogP contribution in [0.15, 0.2) is 5.18 Å². The molecular weight excluding hydrogens is 217 g/mol. The van der Waals surface area contributed by atoms with Crippen molar-refractivity contribution in [3.05, 3.63) is 4.91 Å². The zero-order valence-corrected chi connectivity index (χ0v) is 7.22. The van der Waals surface area contributed by atoms with Gasteiger partial charge in [-0.2, -0.15) is 0 Å². The van der Waals surface area contributed by atoms with Crippen LogP contribution in [0.2, 0.25) is 0 Å². The van der Waals surface area contributed by atoms with Crippen LogP contribution in [0.3, 0.4) is 0 Å². The molecule has 0 aromatic rings. The maximum atomic E-state index is 9.54. The van der Waals surface area contributed by atoms with E-state index in [0.717, 1.165) is 4.43 Å². The van der Waals surface area contributed by atoms with Crippen LogP contribution < -0.4 is 21.2 Å². The van der Waals surface area contributed by atoms with E-state index in [-0.39, 0.29) is 0 Å². The van der Waals surface area contributed by atoms with Gasteiger partial charge in [0, 0.05) is 0 Å². The Morgan fingerprint density at radius 1 is 1.50 bits per heavy atom. The first-order chi connectivity index (χ1) is 3.91. The molecule has 0 saturated heterocycles. The monoisotopic (exact) mass is 228 g/mol. The van der Waals surface area contributed by atoms with Crippen LogP contribution >= 0.6 is 0 Å². The molecule has 0 aromatic heterocycles. The Labute approximate surface area is 60.3 Å². The summed E-state index contributed by atoms with van der Waals surface area (Å²) in [5, 5.41) is 2.78. The van der Waals surface area contributed by atoms with Gasteiger partial charge in [-0.3, -0.25) is 0 Å². The van der Waals surface area contributed by atoms with Gasteiger partial charge in [0.25, 0.3) is 0 Å².